The number of ether oxygens (including phenoxy) is 2. The van der Waals surface area contributed by atoms with Crippen molar-refractivity contribution >= 4 is 48.9 Å². The second-order valence-electron chi connectivity index (χ2n) is 8.94. The normalized spacial score (nSPS) is 14.3. The predicted octanol–water partition coefficient (Wildman–Crippen LogP) is 4.89. The van der Waals surface area contributed by atoms with Crippen LogP contribution in [0.4, 0.5) is 16.6 Å². The highest BCUT2D eigenvalue weighted by atomic mass is 32.2. The van der Waals surface area contributed by atoms with E-state index in [9.17, 15) is 8.42 Å². The first-order chi connectivity index (χ1) is 18.5. The van der Waals surface area contributed by atoms with Gasteiger partial charge in [0.25, 0.3) is 10.0 Å². The number of aromatic nitrogens is 3. The van der Waals surface area contributed by atoms with Crippen LogP contribution in [0.3, 0.4) is 0 Å². The minimum absolute atomic E-state index is 0.135. The van der Waals surface area contributed by atoms with E-state index in [1.54, 1.807) is 30.8 Å². The number of rotatable bonds is 11. The van der Waals surface area contributed by atoms with Gasteiger partial charge in [-0.25, -0.2) is 23.4 Å². The molecule has 0 saturated carbocycles. The van der Waals surface area contributed by atoms with Gasteiger partial charge in [0.05, 0.1) is 24.1 Å². The zero-order valence-electron chi connectivity index (χ0n) is 21.1. The molecule has 1 aliphatic rings. The van der Waals surface area contributed by atoms with Gasteiger partial charge in [0, 0.05) is 35.3 Å². The van der Waals surface area contributed by atoms with Crippen molar-refractivity contribution in [2.45, 2.75) is 30.6 Å². The van der Waals surface area contributed by atoms with Crippen LogP contribution in [0.15, 0.2) is 59.2 Å². The monoisotopic (exact) mass is 554 g/mol. The lowest BCUT2D eigenvalue weighted by atomic mass is 10.1. The zero-order chi connectivity index (χ0) is 26.4. The summed E-state index contributed by atoms with van der Waals surface area (Å²) < 4.78 is 39.4. The van der Waals surface area contributed by atoms with Crippen LogP contribution in [0.5, 0.6) is 11.5 Å². The van der Waals surface area contributed by atoms with Crippen molar-refractivity contribution in [2.75, 3.05) is 43.4 Å². The average Bonchev–Trinajstić information content (AvgIpc) is 3.44. The van der Waals surface area contributed by atoms with Crippen molar-refractivity contribution in [3.8, 4) is 11.5 Å². The maximum atomic E-state index is 12.6. The number of piperidine rings is 1. The second-order valence-corrected chi connectivity index (χ2v) is 11.5. The van der Waals surface area contributed by atoms with Crippen molar-refractivity contribution in [1.29, 1.82) is 0 Å². The first-order valence-electron chi connectivity index (χ1n) is 12.5. The summed E-state index contributed by atoms with van der Waals surface area (Å²) in [5, 5.41) is 6.06. The van der Waals surface area contributed by atoms with Crippen LogP contribution >= 0.6 is 11.3 Å². The lowest BCUT2D eigenvalue weighted by Crippen LogP contribution is -2.31. The molecule has 3 heterocycles. The minimum Gasteiger partial charge on any atom is -0.493 e. The van der Waals surface area contributed by atoms with E-state index in [0.717, 1.165) is 18.4 Å². The zero-order valence-corrected chi connectivity index (χ0v) is 22.7. The van der Waals surface area contributed by atoms with Crippen molar-refractivity contribution in [3.63, 3.8) is 0 Å². The van der Waals surface area contributed by atoms with Gasteiger partial charge >= 0.3 is 0 Å². The number of likely N-dealkylation sites (tertiary alicyclic amines) is 1. The summed E-state index contributed by atoms with van der Waals surface area (Å²) in [5.41, 5.74) is 1.38. The maximum absolute atomic E-state index is 12.6. The Kier molecular flexibility index (Phi) is 8.20. The Morgan fingerprint density at radius 3 is 2.58 bits per heavy atom. The smallest absolute Gasteiger partial charge is 0.263 e. The van der Waals surface area contributed by atoms with Gasteiger partial charge in [-0.2, -0.15) is 0 Å². The molecule has 200 valence electrons. The molecule has 0 atom stereocenters. The van der Waals surface area contributed by atoms with Crippen LogP contribution in [0, 0.1) is 0 Å². The molecule has 12 heteroatoms. The largest absolute Gasteiger partial charge is 0.493 e. The van der Waals surface area contributed by atoms with Gasteiger partial charge in [-0.05, 0) is 62.7 Å². The van der Waals surface area contributed by atoms with E-state index in [-0.39, 0.29) is 4.90 Å². The van der Waals surface area contributed by atoms with E-state index in [1.807, 2.05) is 12.1 Å². The number of fused-ring (bicyclic) bond motifs is 1. The molecule has 0 aliphatic carbocycles. The summed E-state index contributed by atoms with van der Waals surface area (Å²) >= 11 is 1.22. The highest BCUT2D eigenvalue weighted by Crippen LogP contribution is 2.35. The molecule has 38 heavy (non-hydrogen) atoms. The third kappa shape index (κ3) is 6.32. The van der Waals surface area contributed by atoms with Gasteiger partial charge in [-0.15, -0.1) is 11.3 Å². The SMILES string of the molecule is COc1cc2ncnc(Nc3ccc(S(=O)(=O)Nc4nccs4)cc3)c2cc1OCCCN1CCCCC1. The number of methoxy groups -OCH3 is 1. The summed E-state index contributed by atoms with van der Waals surface area (Å²) in [6.07, 6.45) is 7.83. The lowest BCUT2D eigenvalue weighted by Gasteiger charge is -2.26. The fraction of sp³-hybridized carbons (Fsp3) is 0.346. The molecule has 2 N–H and O–H groups in total. The Hall–Kier alpha value is -3.48. The molecule has 0 unspecified atom stereocenters. The number of anilines is 3. The average molecular weight is 555 g/mol. The highest BCUT2D eigenvalue weighted by Gasteiger charge is 2.16. The van der Waals surface area contributed by atoms with Crippen LogP contribution in [0.1, 0.15) is 25.7 Å². The Morgan fingerprint density at radius 1 is 1.03 bits per heavy atom. The number of thiazole rings is 1. The van der Waals surface area contributed by atoms with Gasteiger partial charge in [-0.3, -0.25) is 4.72 Å². The Bertz CT molecular complexity index is 1460. The fourth-order valence-corrected chi connectivity index (χ4v) is 6.18. The predicted molar refractivity (Wildman–Crippen MR) is 149 cm³/mol. The molecule has 2 aromatic heterocycles. The van der Waals surface area contributed by atoms with Gasteiger partial charge in [0.2, 0.25) is 0 Å². The number of nitrogens with one attached hydrogen (secondary N) is 2. The van der Waals surface area contributed by atoms with Crippen LogP contribution in [0.25, 0.3) is 10.9 Å². The van der Waals surface area contributed by atoms with Crippen LogP contribution < -0.4 is 19.5 Å². The third-order valence-corrected chi connectivity index (χ3v) is 8.50. The van der Waals surface area contributed by atoms with E-state index >= 15 is 0 Å². The molecule has 0 amide bonds. The van der Waals surface area contributed by atoms with E-state index in [4.69, 9.17) is 9.47 Å². The fourth-order valence-electron chi connectivity index (χ4n) is 4.39. The number of sulfonamides is 1. The molecule has 1 aliphatic heterocycles. The van der Waals surface area contributed by atoms with E-state index in [1.165, 1.54) is 62.1 Å². The minimum atomic E-state index is -3.73. The van der Waals surface area contributed by atoms with Crippen LogP contribution in [-0.2, 0) is 10.0 Å². The Labute approximate surface area is 226 Å². The van der Waals surface area contributed by atoms with Gasteiger partial charge in [0.1, 0.15) is 12.1 Å². The Balaban J connectivity index is 1.29. The number of benzene rings is 2. The van der Waals surface area contributed by atoms with Crippen molar-refractivity contribution < 1.29 is 17.9 Å². The molecular weight excluding hydrogens is 524 g/mol. The molecule has 1 fully saturated rings. The summed E-state index contributed by atoms with van der Waals surface area (Å²) in [6.45, 7) is 3.94. The second kappa shape index (κ2) is 11.9. The van der Waals surface area contributed by atoms with Crippen molar-refractivity contribution in [2.24, 2.45) is 0 Å². The first kappa shape index (κ1) is 26.1. The number of hydrogen-bond donors (Lipinski definition) is 2. The molecule has 4 aromatic rings. The van der Waals surface area contributed by atoms with Crippen LogP contribution in [0.2, 0.25) is 0 Å². The molecule has 0 radical (unpaired) electrons. The lowest BCUT2D eigenvalue weighted by molar-refractivity contribution is 0.203. The van der Waals surface area contributed by atoms with Crippen molar-refractivity contribution in [3.05, 3.63) is 54.3 Å². The summed E-state index contributed by atoms with van der Waals surface area (Å²) in [7, 11) is -2.12. The standard InChI is InChI=1S/C26H30N6O4S2/c1-35-23-17-22-21(16-24(23)36-14-5-13-32-11-3-2-4-12-32)25(29-18-28-22)30-19-6-8-20(9-7-19)38(33,34)31-26-27-10-15-37-26/h6-10,15-18H,2-5,11-14H2,1H3,(H,27,31)(H,28,29,30). The summed E-state index contributed by atoms with van der Waals surface area (Å²) in [5.74, 6) is 1.82. The molecule has 1 saturated heterocycles. The van der Waals surface area contributed by atoms with E-state index in [2.05, 4.69) is 29.9 Å². The molecule has 2 aromatic carbocycles. The van der Waals surface area contributed by atoms with Gasteiger partial charge in [0.15, 0.2) is 16.6 Å². The molecule has 0 bridgehead atoms. The number of hydrogen-bond acceptors (Lipinski definition) is 10. The third-order valence-electron chi connectivity index (χ3n) is 6.33. The topological polar surface area (TPSA) is 119 Å². The summed E-state index contributed by atoms with van der Waals surface area (Å²) in [4.78, 5) is 15.4. The van der Waals surface area contributed by atoms with Gasteiger partial charge in [-0.1, -0.05) is 6.42 Å². The quantitative estimate of drug-likeness (QED) is 0.250. The van der Waals surface area contributed by atoms with Crippen molar-refractivity contribution in [1.82, 2.24) is 19.9 Å². The molecule has 0 spiro atoms. The Morgan fingerprint density at radius 2 is 1.84 bits per heavy atom. The maximum Gasteiger partial charge on any atom is 0.263 e. The number of nitrogens with zero attached hydrogens (tertiary/aromatic N) is 4. The molecule has 5 rings (SSSR count). The van der Waals surface area contributed by atoms with Crippen LogP contribution in [-0.4, -0.2) is 61.6 Å². The summed E-state index contributed by atoms with van der Waals surface area (Å²) in [6, 6.07) is 10.1. The first-order valence-corrected chi connectivity index (χ1v) is 14.9. The van der Waals surface area contributed by atoms with E-state index < -0.39 is 10.0 Å². The van der Waals surface area contributed by atoms with E-state index in [0.29, 0.717) is 40.3 Å². The molecule has 10 nitrogen and oxygen atoms in total. The van der Waals surface area contributed by atoms with Gasteiger partial charge < -0.3 is 19.7 Å². The highest BCUT2D eigenvalue weighted by molar-refractivity contribution is 7.93. The molecular formula is C26H30N6O4S2.